The van der Waals surface area contributed by atoms with Crippen LogP contribution in [-0.2, 0) is 10.0 Å². The van der Waals surface area contributed by atoms with E-state index in [4.69, 9.17) is 12.2 Å². The number of rotatable bonds is 3. The van der Waals surface area contributed by atoms with Gasteiger partial charge in [-0.15, -0.1) is 0 Å². The third-order valence-corrected chi connectivity index (χ3v) is 7.32. The van der Waals surface area contributed by atoms with E-state index in [0.29, 0.717) is 47.4 Å². The van der Waals surface area contributed by atoms with Crippen molar-refractivity contribution in [3.63, 3.8) is 0 Å². The Balaban J connectivity index is 1.63. The second kappa shape index (κ2) is 8.14. The standard InChI is InChI=1S/C20H24FN3O2S2/c1-14-5-7-18(12-16(14)3)28(25,26)24-10-8-23(9-11-24)20(27)22-17-6-4-15(2)19(21)13-17/h4-7,12-13H,8-11H2,1-3H3,(H,22,27). The maximum absolute atomic E-state index is 13.7. The van der Waals surface area contributed by atoms with Gasteiger partial charge in [-0.05, 0) is 73.9 Å². The predicted octanol–water partition coefficient (Wildman–Crippen LogP) is 3.45. The molecule has 0 radical (unpaired) electrons. The Morgan fingerprint density at radius 2 is 1.61 bits per heavy atom. The van der Waals surface area contributed by atoms with Gasteiger partial charge in [0.15, 0.2) is 5.11 Å². The number of anilines is 1. The molecular weight excluding hydrogens is 397 g/mol. The van der Waals surface area contributed by atoms with E-state index in [0.717, 1.165) is 11.1 Å². The molecule has 1 saturated heterocycles. The number of nitrogens with one attached hydrogen (secondary N) is 1. The molecule has 5 nitrogen and oxygen atoms in total. The Hall–Kier alpha value is -2.03. The number of aryl methyl sites for hydroxylation is 3. The summed E-state index contributed by atoms with van der Waals surface area (Å²) in [6.07, 6.45) is 0. The Morgan fingerprint density at radius 1 is 0.964 bits per heavy atom. The zero-order valence-electron chi connectivity index (χ0n) is 16.2. The molecule has 0 amide bonds. The van der Waals surface area contributed by atoms with Crippen LogP contribution in [0.1, 0.15) is 16.7 Å². The van der Waals surface area contributed by atoms with Crippen LogP contribution in [0.15, 0.2) is 41.3 Å². The summed E-state index contributed by atoms with van der Waals surface area (Å²) in [5, 5.41) is 3.49. The van der Waals surface area contributed by atoms with Crippen molar-refractivity contribution in [2.45, 2.75) is 25.7 Å². The number of hydrogen-bond donors (Lipinski definition) is 1. The summed E-state index contributed by atoms with van der Waals surface area (Å²) in [7, 11) is -3.53. The maximum Gasteiger partial charge on any atom is 0.243 e. The minimum Gasteiger partial charge on any atom is -0.346 e. The zero-order chi connectivity index (χ0) is 20.5. The van der Waals surface area contributed by atoms with Gasteiger partial charge in [0.05, 0.1) is 4.90 Å². The third kappa shape index (κ3) is 4.34. The van der Waals surface area contributed by atoms with Crippen LogP contribution >= 0.6 is 12.2 Å². The van der Waals surface area contributed by atoms with E-state index in [9.17, 15) is 12.8 Å². The van der Waals surface area contributed by atoms with Crippen molar-refractivity contribution in [2.75, 3.05) is 31.5 Å². The van der Waals surface area contributed by atoms with E-state index in [1.807, 2.05) is 24.8 Å². The highest BCUT2D eigenvalue weighted by molar-refractivity contribution is 7.89. The molecule has 2 aromatic rings. The van der Waals surface area contributed by atoms with Crippen molar-refractivity contribution in [1.29, 1.82) is 0 Å². The molecule has 0 atom stereocenters. The van der Waals surface area contributed by atoms with Crippen LogP contribution in [0.2, 0.25) is 0 Å². The number of benzene rings is 2. The molecule has 150 valence electrons. The average molecular weight is 422 g/mol. The normalized spacial score (nSPS) is 15.5. The van der Waals surface area contributed by atoms with Crippen molar-refractivity contribution in [3.8, 4) is 0 Å². The molecule has 0 unspecified atom stereocenters. The highest BCUT2D eigenvalue weighted by Crippen LogP contribution is 2.21. The van der Waals surface area contributed by atoms with Gasteiger partial charge >= 0.3 is 0 Å². The molecule has 1 aliphatic heterocycles. The molecule has 1 N–H and O–H groups in total. The molecule has 2 aromatic carbocycles. The Bertz CT molecular complexity index is 1000. The number of piperazine rings is 1. The monoisotopic (exact) mass is 421 g/mol. The first kappa shape index (κ1) is 20.7. The van der Waals surface area contributed by atoms with Crippen LogP contribution in [0, 0.1) is 26.6 Å². The minimum atomic E-state index is -3.53. The van der Waals surface area contributed by atoms with Crippen molar-refractivity contribution < 1.29 is 12.8 Å². The van der Waals surface area contributed by atoms with E-state index in [-0.39, 0.29) is 5.82 Å². The topological polar surface area (TPSA) is 52.7 Å². The highest BCUT2D eigenvalue weighted by Gasteiger charge is 2.29. The van der Waals surface area contributed by atoms with E-state index < -0.39 is 10.0 Å². The van der Waals surface area contributed by atoms with Crippen molar-refractivity contribution in [3.05, 3.63) is 58.9 Å². The van der Waals surface area contributed by atoms with Crippen LogP contribution in [0.5, 0.6) is 0 Å². The molecule has 0 saturated carbocycles. The first-order valence-electron chi connectivity index (χ1n) is 9.08. The summed E-state index contributed by atoms with van der Waals surface area (Å²) < 4.78 is 41.0. The lowest BCUT2D eigenvalue weighted by Crippen LogP contribution is -2.51. The van der Waals surface area contributed by atoms with Gasteiger partial charge in [0.2, 0.25) is 10.0 Å². The highest BCUT2D eigenvalue weighted by atomic mass is 32.2. The average Bonchev–Trinajstić information content (AvgIpc) is 2.67. The zero-order valence-corrected chi connectivity index (χ0v) is 17.8. The van der Waals surface area contributed by atoms with Gasteiger partial charge in [0.1, 0.15) is 5.82 Å². The summed E-state index contributed by atoms with van der Waals surface area (Å²) in [6.45, 7) is 7.21. The molecule has 1 heterocycles. The van der Waals surface area contributed by atoms with E-state index >= 15 is 0 Å². The van der Waals surface area contributed by atoms with Crippen LogP contribution in [-0.4, -0.2) is 48.9 Å². The fourth-order valence-corrected chi connectivity index (χ4v) is 4.84. The third-order valence-electron chi connectivity index (χ3n) is 5.07. The quantitative estimate of drug-likeness (QED) is 0.770. The van der Waals surface area contributed by atoms with E-state index in [2.05, 4.69) is 5.32 Å². The molecular formula is C20H24FN3O2S2. The molecule has 0 aliphatic carbocycles. The fraction of sp³-hybridized carbons (Fsp3) is 0.350. The maximum atomic E-state index is 13.7. The molecule has 3 rings (SSSR count). The van der Waals surface area contributed by atoms with Gasteiger partial charge < -0.3 is 10.2 Å². The smallest absolute Gasteiger partial charge is 0.243 e. The first-order valence-corrected chi connectivity index (χ1v) is 10.9. The number of halogens is 1. The SMILES string of the molecule is Cc1ccc(S(=O)(=O)N2CCN(C(=S)Nc3ccc(C)c(F)c3)CC2)cc1C. The van der Waals surface area contributed by atoms with Crippen molar-refractivity contribution >= 4 is 33.0 Å². The minimum absolute atomic E-state index is 0.294. The van der Waals surface area contributed by atoms with Gasteiger partial charge in [-0.3, -0.25) is 0 Å². The summed E-state index contributed by atoms with van der Waals surface area (Å²) in [4.78, 5) is 2.22. The van der Waals surface area contributed by atoms with Crippen LogP contribution in [0.4, 0.5) is 10.1 Å². The largest absolute Gasteiger partial charge is 0.346 e. The van der Waals surface area contributed by atoms with Crippen molar-refractivity contribution in [2.24, 2.45) is 0 Å². The molecule has 0 aromatic heterocycles. The number of hydrogen-bond acceptors (Lipinski definition) is 3. The lowest BCUT2D eigenvalue weighted by atomic mass is 10.1. The van der Waals surface area contributed by atoms with Crippen LogP contribution in [0.25, 0.3) is 0 Å². The second-order valence-electron chi connectivity index (χ2n) is 7.03. The molecule has 1 fully saturated rings. The first-order chi connectivity index (χ1) is 13.2. The molecule has 0 spiro atoms. The lowest BCUT2D eigenvalue weighted by molar-refractivity contribution is 0.268. The van der Waals surface area contributed by atoms with Gasteiger partial charge in [-0.1, -0.05) is 12.1 Å². The molecule has 8 heteroatoms. The summed E-state index contributed by atoms with van der Waals surface area (Å²) >= 11 is 5.41. The van der Waals surface area contributed by atoms with Gasteiger partial charge in [-0.2, -0.15) is 4.31 Å². The molecule has 0 bridgehead atoms. The number of thiocarbonyl (C=S) groups is 1. The van der Waals surface area contributed by atoms with Gasteiger partial charge in [0, 0.05) is 31.9 Å². The van der Waals surface area contributed by atoms with E-state index in [1.165, 1.54) is 10.4 Å². The van der Waals surface area contributed by atoms with Crippen molar-refractivity contribution in [1.82, 2.24) is 9.21 Å². The summed E-state index contributed by atoms with van der Waals surface area (Å²) in [5.41, 5.74) is 3.17. The Labute approximate surface area is 171 Å². The predicted molar refractivity (Wildman–Crippen MR) is 114 cm³/mol. The summed E-state index contributed by atoms with van der Waals surface area (Å²) in [5.74, 6) is -0.294. The fourth-order valence-electron chi connectivity index (χ4n) is 3.03. The summed E-state index contributed by atoms with van der Waals surface area (Å²) in [6, 6.07) is 10.1. The van der Waals surface area contributed by atoms with Gasteiger partial charge in [-0.25, -0.2) is 12.8 Å². The van der Waals surface area contributed by atoms with E-state index in [1.54, 1.807) is 31.2 Å². The van der Waals surface area contributed by atoms with Gasteiger partial charge in [0.25, 0.3) is 0 Å². The van der Waals surface area contributed by atoms with Crippen LogP contribution in [0.3, 0.4) is 0 Å². The van der Waals surface area contributed by atoms with Crippen LogP contribution < -0.4 is 5.32 Å². The molecule has 28 heavy (non-hydrogen) atoms. The number of sulfonamides is 1. The Kier molecular flexibility index (Phi) is 6.02. The number of nitrogens with zero attached hydrogens (tertiary/aromatic N) is 2. The Morgan fingerprint density at radius 3 is 2.21 bits per heavy atom. The lowest BCUT2D eigenvalue weighted by Gasteiger charge is -2.35. The second-order valence-corrected chi connectivity index (χ2v) is 9.36. The molecule has 1 aliphatic rings.